The van der Waals surface area contributed by atoms with E-state index in [9.17, 15) is 19.2 Å². The van der Waals surface area contributed by atoms with Gasteiger partial charge in [-0.25, -0.2) is 9.59 Å². The molecule has 206 valence electrons. The Balaban J connectivity index is 1.52. The fourth-order valence-electron chi connectivity index (χ4n) is 4.37. The van der Waals surface area contributed by atoms with Gasteiger partial charge in [-0.3, -0.25) is 9.59 Å². The van der Waals surface area contributed by atoms with Crippen molar-refractivity contribution in [3.05, 3.63) is 0 Å². The number of esters is 2. The molecular weight excluding hydrogens is 472 g/mol. The lowest BCUT2D eigenvalue weighted by atomic mass is 9.98. The summed E-state index contributed by atoms with van der Waals surface area (Å²) in [5, 5.41) is 0. The Morgan fingerprint density at radius 2 is 1.11 bits per heavy atom. The van der Waals surface area contributed by atoms with Crippen molar-refractivity contribution in [3.8, 4) is 0 Å². The van der Waals surface area contributed by atoms with E-state index in [1.807, 2.05) is 0 Å². The minimum Gasteiger partial charge on any atom is -0.431 e. The van der Waals surface area contributed by atoms with Gasteiger partial charge in [0.2, 0.25) is 12.6 Å². The highest BCUT2D eigenvalue weighted by molar-refractivity contribution is 5.72. The van der Waals surface area contributed by atoms with Crippen LogP contribution in [0.15, 0.2) is 0 Å². The van der Waals surface area contributed by atoms with Crippen molar-refractivity contribution >= 4 is 24.2 Å². The zero-order valence-corrected chi connectivity index (χ0v) is 21.9. The minimum atomic E-state index is -1.04. The van der Waals surface area contributed by atoms with Gasteiger partial charge < -0.3 is 28.4 Å². The first kappa shape index (κ1) is 29.7. The molecule has 2 aliphatic carbocycles. The first-order valence-electron chi connectivity index (χ1n) is 13.4. The SMILES string of the molecule is CC(OC(=O)CCCCC(C)C(=O)OC(C)OC(=O)OC1CCCCC1)OC(=O)OC1CCCCC1. The lowest BCUT2D eigenvalue weighted by Gasteiger charge is -2.22. The van der Waals surface area contributed by atoms with Gasteiger partial charge in [-0.1, -0.05) is 26.2 Å². The molecule has 0 heterocycles. The molecule has 2 rings (SSSR count). The molecule has 2 aliphatic rings. The van der Waals surface area contributed by atoms with Gasteiger partial charge in [0.15, 0.2) is 0 Å². The van der Waals surface area contributed by atoms with E-state index >= 15 is 0 Å². The van der Waals surface area contributed by atoms with E-state index < -0.39 is 42.7 Å². The number of hydrogen-bond acceptors (Lipinski definition) is 10. The highest BCUT2D eigenvalue weighted by Crippen LogP contribution is 2.22. The Labute approximate surface area is 213 Å². The first-order chi connectivity index (χ1) is 17.2. The van der Waals surface area contributed by atoms with E-state index in [2.05, 4.69) is 0 Å². The monoisotopic (exact) mass is 514 g/mol. The molecule has 0 spiro atoms. The first-order valence-corrected chi connectivity index (χ1v) is 13.4. The lowest BCUT2D eigenvalue weighted by Crippen LogP contribution is -2.28. The van der Waals surface area contributed by atoms with Crippen molar-refractivity contribution in [3.63, 3.8) is 0 Å². The van der Waals surface area contributed by atoms with Crippen LogP contribution in [0.3, 0.4) is 0 Å². The minimum absolute atomic E-state index is 0.125. The summed E-state index contributed by atoms with van der Waals surface area (Å²) in [5.41, 5.74) is 0. The zero-order valence-electron chi connectivity index (χ0n) is 21.9. The molecule has 36 heavy (non-hydrogen) atoms. The predicted molar refractivity (Wildman–Crippen MR) is 128 cm³/mol. The smallest absolute Gasteiger partial charge is 0.431 e. The largest absolute Gasteiger partial charge is 0.511 e. The summed E-state index contributed by atoms with van der Waals surface area (Å²) in [6.45, 7) is 4.64. The van der Waals surface area contributed by atoms with Crippen molar-refractivity contribution in [2.45, 2.75) is 135 Å². The molecule has 0 aromatic carbocycles. The predicted octanol–water partition coefficient (Wildman–Crippen LogP) is 5.93. The fraction of sp³-hybridized carbons (Fsp3) is 0.846. The van der Waals surface area contributed by atoms with E-state index in [-0.39, 0.29) is 18.6 Å². The summed E-state index contributed by atoms with van der Waals surface area (Å²) in [7, 11) is 0. The molecule has 2 saturated carbocycles. The molecular formula is C26H42O10. The summed E-state index contributed by atoms with van der Waals surface area (Å²) in [5.74, 6) is -1.42. The average molecular weight is 515 g/mol. The van der Waals surface area contributed by atoms with Crippen LogP contribution in [0.2, 0.25) is 0 Å². The Bertz CT molecular complexity index is 697. The maximum absolute atomic E-state index is 12.2. The second-order valence-corrected chi connectivity index (χ2v) is 9.70. The van der Waals surface area contributed by atoms with Crippen LogP contribution in [0.25, 0.3) is 0 Å². The Morgan fingerprint density at radius 1 is 0.639 bits per heavy atom. The summed E-state index contributed by atoms with van der Waals surface area (Å²) >= 11 is 0. The highest BCUT2D eigenvalue weighted by atomic mass is 16.8. The zero-order chi connectivity index (χ0) is 26.3. The van der Waals surface area contributed by atoms with Crippen molar-refractivity contribution in [2.24, 2.45) is 5.92 Å². The van der Waals surface area contributed by atoms with Crippen LogP contribution in [0, 0.1) is 5.92 Å². The number of carbonyl (C=O) groups excluding carboxylic acids is 4. The number of rotatable bonds is 12. The van der Waals surface area contributed by atoms with Crippen molar-refractivity contribution in [2.75, 3.05) is 0 Å². The molecule has 0 aliphatic heterocycles. The molecule has 3 unspecified atom stereocenters. The second-order valence-electron chi connectivity index (χ2n) is 9.70. The highest BCUT2D eigenvalue weighted by Gasteiger charge is 2.24. The third-order valence-electron chi connectivity index (χ3n) is 6.40. The number of hydrogen-bond donors (Lipinski definition) is 0. The molecule has 0 aromatic rings. The summed E-state index contributed by atoms with van der Waals surface area (Å²) < 4.78 is 30.8. The van der Waals surface area contributed by atoms with Crippen molar-refractivity contribution < 1.29 is 47.6 Å². The van der Waals surface area contributed by atoms with Crippen LogP contribution in [0.4, 0.5) is 9.59 Å². The van der Waals surface area contributed by atoms with Crippen LogP contribution in [-0.2, 0) is 38.0 Å². The molecule has 10 nitrogen and oxygen atoms in total. The molecule has 0 saturated heterocycles. The van der Waals surface area contributed by atoms with Gasteiger partial charge in [0.25, 0.3) is 0 Å². The molecule has 0 radical (unpaired) electrons. The molecule has 0 aromatic heterocycles. The lowest BCUT2D eigenvalue weighted by molar-refractivity contribution is -0.173. The summed E-state index contributed by atoms with van der Waals surface area (Å²) in [4.78, 5) is 47.9. The van der Waals surface area contributed by atoms with Crippen LogP contribution >= 0.6 is 0 Å². The van der Waals surface area contributed by atoms with Gasteiger partial charge in [0, 0.05) is 20.3 Å². The van der Waals surface area contributed by atoms with Gasteiger partial charge in [0.05, 0.1) is 5.92 Å². The molecule has 3 atom stereocenters. The topological polar surface area (TPSA) is 124 Å². The van der Waals surface area contributed by atoms with Crippen LogP contribution in [-0.4, -0.2) is 49.0 Å². The molecule has 0 amide bonds. The summed E-state index contributed by atoms with van der Waals surface area (Å²) in [6, 6.07) is 0. The van der Waals surface area contributed by atoms with Crippen LogP contribution < -0.4 is 0 Å². The van der Waals surface area contributed by atoms with Gasteiger partial charge in [0.1, 0.15) is 12.2 Å². The number of carbonyl (C=O) groups is 4. The van der Waals surface area contributed by atoms with Gasteiger partial charge in [-0.15, -0.1) is 0 Å². The van der Waals surface area contributed by atoms with Crippen molar-refractivity contribution in [1.29, 1.82) is 0 Å². The Kier molecular flexibility index (Phi) is 13.4. The number of unbranched alkanes of at least 4 members (excludes halogenated alkanes) is 1. The Morgan fingerprint density at radius 3 is 1.61 bits per heavy atom. The average Bonchev–Trinajstić information content (AvgIpc) is 2.82. The molecule has 0 bridgehead atoms. The summed E-state index contributed by atoms with van der Waals surface area (Å²) in [6.07, 6.45) is 7.41. The van der Waals surface area contributed by atoms with Crippen LogP contribution in [0.5, 0.6) is 0 Å². The van der Waals surface area contributed by atoms with E-state index in [0.717, 1.165) is 64.2 Å². The van der Waals surface area contributed by atoms with E-state index in [4.69, 9.17) is 28.4 Å². The van der Waals surface area contributed by atoms with Gasteiger partial charge >= 0.3 is 24.2 Å². The maximum atomic E-state index is 12.2. The van der Waals surface area contributed by atoms with Gasteiger partial charge in [-0.2, -0.15) is 0 Å². The maximum Gasteiger partial charge on any atom is 0.511 e. The second kappa shape index (κ2) is 16.3. The van der Waals surface area contributed by atoms with E-state index in [1.165, 1.54) is 13.8 Å². The van der Waals surface area contributed by atoms with Crippen LogP contribution in [0.1, 0.15) is 111 Å². The fourth-order valence-corrected chi connectivity index (χ4v) is 4.37. The van der Waals surface area contributed by atoms with E-state index in [0.29, 0.717) is 19.3 Å². The normalized spacial score (nSPS) is 19.3. The molecule has 2 fully saturated rings. The standard InChI is InChI=1S/C26H42O10/c1-18(24(28)32-20(3)34-26(30)36-22-15-8-5-9-16-22)12-10-11-17-23(27)31-19(2)33-25(29)35-21-13-6-4-7-14-21/h18-22H,4-17H2,1-3H3. The third-order valence-corrected chi connectivity index (χ3v) is 6.40. The third kappa shape index (κ3) is 12.4. The quantitative estimate of drug-likeness (QED) is 0.134. The molecule has 10 heteroatoms. The van der Waals surface area contributed by atoms with Crippen molar-refractivity contribution in [1.82, 2.24) is 0 Å². The molecule has 0 N–H and O–H groups in total. The van der Waals surface area contributed by atoms with E-state index in [1.54, 1.807) is 6.92 Å². The Hall–Kier alpha value is -2.52. The van der Waals surface area contributed by atoms with Gasteiger partial charge in [-0.05, 0) is 64.2 Å². The number of ether oxygens (including phenoxy) is 6.